The molecule has 0 bridgehead atoms. The Hall–Kier alpha value is -1.18. The number of nitrogens with one attached hydrogen (secondary N) is 1. The van der Waals surface area contributed by atoms with Gasteiger partial charge >= 0.3 is 0 Å². The lowest BCUT2D eigenvalue weighted by Gasteiger charge is -2.44. The lowest BCUT2D eigenvalue weighted by molar-refractivity contribution is -0.169. The van der Waals surface area contributed by atoms with Gasteiger partial charge in [-0.15, -0.1) is 0 Å². The Morgan fingerprint density at radius 3 is 2.75 bits per heavy atom. The molecule has 0 aromatic rings. The molecule has 2 N–H and O–H groups in total. The first-order valence-corrected chi connectivity index (χ1v) is 9.02. The molecule has 2 rings (SSSR count). The second kappa shape index (κ2) is 9.34. The van der Waals surface area contributed by atoms with Gasteiger partial charge < -0.3 is 24.8 Å². The molecule has 7 heteroatoms. The third-order valence-corrected chi connectivity index (χ3v) is 4.59. The lowest BCUT2D eigenvalue weighted by Crippen LogP contribution is -2.57. The van der Waals surface area contributed by atoms with Gasteiger partial charge in [-0.2, -0.15) is 0 Å². The first-order valence-electron chi connectivity index (χ1n) is 9.02. The van der Waals surface area contributed by atoms with Crippen LogP contribution < -0.4 is 5.32 Å². The molecule has 2 fully saturated rings. The van der Waals surface area contributed by atoms with Crippen LogP contribution in [-0.4, -0.2) is 72.5 Å². The fourth-order valence-corrected chi connectivity index (χ4v) is 3.37. The normalized spacial score (nSPS) is 30.9. The Labute approximate surface area is 143 Å². The standard InChI is InChI=1S/C17H30N2O5/c1-3-7-18-16(21)8-13-5-6-14-15(24-13)11-23-10-12(20)9-19(14)17(22)4-2/h12-15,20H,3-11H2,1-2H3,(H,18,21)/t12-,13-,14+,15-/m1/s1. The predicted molar refractivity (Wildman–Crippen MR) is 88.4 cm³/mol. The highest BCUT2D eigenvalue weighted by atomic mass is 16.5. The highest BCUT2D eigenvalue weighted by molar-refractivity contribution is 5.77. The monoisotopic (exact) mass is 342 g/mol. The zero-order valence-electron chi connectivity index (χ0n) is 14.7. The van der Waals surface area contributed by atoms with E-state index in [2.05, 4.69) is 5.32 Å². The van der Waals surface area contributed by atoms with Crippen molar-refractivity contribution in [1.82, 2.24) is 10.2 Å². The van der Waals surface area contributed by atoms with Crippen LogP contribution in [-0.2, 0) is 19.1 Å². The average molecular weight is 342 g/mol. The van der Waals surface area contributed by atoms with E-state index in [4.69, 9.17) is 9.47 Å². The Kier molecular flexibility index (Phi) is 7.45. The number of hydrogen-bond acceptors (Lipinski definition) is 5. The SMILES string of the molecule is CCCNC(=O)C[C@H]1CC[C@H]2[C@@H](COC[C@H](O)CN2C(=O)CC)O1. The topological polar surface area (TPSA) is 88.1 Å². The minimum absolute atomic E-state index is 0.00368. The molecule has 2 heterocycles. The van der Waals surface area contributed by atoms with E-state index in [9.17, 15) is 14.7 Å². The number of β-amino-alcohol motifs (C(OH)–C–C–N with tert-alkyl or cyclic N) is 1. The van der Waals surface area contributed by atoms with Crippen LogP contribution in [0, 0.1) is 0 Å². The van der Waals surface area contributed by atoms with Crippen LogP contribution in [0.25, 0.3) is 0 Å². The number of carbonyl (C=O) groups excluding carboxylic acids is 2. The minimum atomic E-state index is -0.668. The molecular formula is C17H30N2O5. The molecule has 0 unspecified atom stereocenters. The third-order valence-electron chi connectivity index (χ3n) is 4.59. The van der Waals surface area contributed by atoms with Crippen molar-refractivity contribution in [3.63, 3.8) is 0 Å². The highest BCUT2D eigenvalue weighted by Gasteiger charge is 2.39. The van der Waals surface area contributed by atoms with E-state index < -0.39 is 6.10 Å². The number of fused-ring (bicyclic) bond motifs is 1. The van der Waals surface area contributed by atoms with Gasteiger partial charge in [-0.05, 0) is 19.3 Å². The molecule has 2 aliphatic rings. The lowest BCUT2D eigenvalue weighted by atomic mass is 9.94. The average Bonchev–Trinajstić information content (AvgIpc) is 2.56. The van der Waals surface area contributed by atoms with Gasteiger partial charge in [0.25, 0.3) is 0 Å². The van der Waals surface area contributed by atoms with Crippen molar-refractivity contribution in [3.8, 4) is 0 Å². The Morgan fingerprint density at radius 2 is 2.04 bits per heavy atom. The van der Waals surface area contributed by atoms with Crippen LogP contribution in [0.3, 0.4) is 0 Å². The van der Waals surface area contributed by atoms with E-state index in [-0.39, 0.29) is 43.2 Å². The van der Waals surface area contributed by atoms with Crippen LogP contribution in [0.2, 0.25) is 0 Å². The van der Waals surface area contributed by atoms with Gasteiger partial charge in [-0.1, -0.05) is 13.8 Å². The molecule has 0 saturated carbocycles. The molecule has 2 saturated heterocycles. The quantitative estimate of drug-likeness (QED) is 0.757. The summed E-state index contributed by atoms with van der Waals surface area (Å²) >= 11 is 0. The fraction of sp³-hybridized carbons (Fsp3) is 0.882. The van der Waals surface area contributed by atoms with E-state index in [0.29, 0.717) is 26.0 Å². The fourth-order valence-electron chi connectivity index (χ4n) is 3.37. The van der Waals surface area contributed by atoms with Crippen LogP contribution in [0.5, 0.6) is 0 Å². The molecule has 0 aliphatic carbocycles. The number of amides is 2. The van der Waals surface area contributed by atoms with E-state index in [1.165, 1.54) is 0 Å². The van der Waals surface area contributed by atoms with Gasteiger partial charge in [0.1, 0.15) is 6.10 Å². The van der Waals surface area contributed by atoms with E-state index in [1.54, 1.807) is 4.90 Å². The molecule has 7 nitrogen and oxygen atoms in total. The van der Waals surface area contributed by atoms with Gasteiger partial charge in [-0.25, -0.2) is 0 Å². The number of nitrogens with zero attached hydrogens (tertiary/aromatic N) is 1. The molecule has 0 radical (unpaired) electrons. The van der Waals surface area contributed by atoms with Crippen LogP contribution in [0.15, 0.2) is 0 Å². The molecule has 0 spiro atoms. The number of ether oxygens (including phenoxy) is 2. The predicted octanol–water partition coefficient (Wildman–Crippen LogP) is 0.449. The van der Waals surface area contributed by atoms with Crippen molar-refractivity contribution in [2.24, 2.45) is 0 Å². The van der Waals surface area contributed by atoms with Crippen molar-refractivity contribution >= 4 is 11.8 Å². The number of hydrogen-bond donors (Lipinski definition) is 2. The maximum absolute atomic E-state index is 12.3. The first kappa shape index (κ1) is 19.1. The number of aliphatic hydroxyl groups is 1. The Morgan fingerprint density at radius 1 is 1.25 bits per heavy atom. The molecule has 2 amide bonds. The number of rotatable bonds is 5. The summed E-state index contributed by atoms with van der Waals surface area (Å²) in [6, 6.07) is -0.0950. The molecule has 0 aromatic heterocycles. The molecule has 2 aliphatic heterocycles. The Bertz CT molecular complexity index is 431. The van der Waals surface area contributed by atoms with Crippen molar-refractivity contribution in [2.45, 2.75) is 70.3 Å². The van der Waals surface area contributed by atoms with Gasteiger partial charge in [0, 0.05) is 19.5 Å². The summed E-state index contributed by atoms with van der Waals surface area (Å²) in [7, 11) is 0. The van der Waals surface area contributed by atoms with Gasteiger partial charge in [0.15, 0.2) is 0 Å². The van der Waals surface area contributed by atoms with Gasteiger partial charge in [0.2, 0.25) is 11.8 Å². The van der Waals surface area contributed by atoms with Crippen LogP contribution in [0.1, 0.15) is 46.0 Å². The Balaban J connectivity index is 1.98. The van der Waals surface area contributed by atoms with Crippen LogP contribution >= 0.6 is 0 Å². The van der Waals surface area contributed by atoms with E-state index >= 15 is 0 Å². The second-order valence-corrected chi connectivity index (χ2v) is 6.59. The number of carbonyl (C=O) groups is 2. The van der Waals surface area contributed by atoms with Crippen molar-refractivity contribution in [1.29, 1.82) is 0 Å². The molecule has 4 atom stereocenters. The third kappa shape index (κ3) is 5.16. The molecule has 0 aromatic carbocycles. The van der Waals surface area contributed by atoms with E-state index in [1.807, 2.05) is 13.8 Å². The highest BCUT2D eigenvalue weighted by Crippen LogP contribution is 2.28. The maximum Gasteiger partial charge on any atom is 0.222 e. The minimum Gasteiger partial charge on any atom is -0.389 e. The summed E-state index contributed by atoms with van der Waals surface area (Å²) in [6.45, 7) is 5.32. The van der Waals surface area contributed by atoms with Crippen molar-refractivity contribution < 1.29 is 24.2 Å². The first-order chi connectivity index (χ1) is 11.5. The molecule has 24 heavy (non-hydrogen) atoms. The second-order valence-electron chi connectivity index (χ2n) is 6.59. The van der Waals surface area contributed by atoms with Crippen molar-refractivity contribution in [2.75, 3.05) is 26.3 Å². The smallest absolute Gasteiger partial charge is 0.222 e. The largest absolute Gasteiger partial charge is 0.389 e. The van der Waals surface area contributed by atoms with Crippen LogP contribution in [0.4, 0.5) is 0 Å². The van der Waals surface area contributed by atoms with Crippen molar-refractivity contribution in [3.05, 3.63) is 0 Å². The number of aliphatic hydroxyl groups excluding tert-OH is 1. The summed E-state index contributed by atoms with van der Waals surface area (Å²) in [5.74, 6) is 0.0256. The summed E-state index contributed by atoms with van der Waals surface area (Å²) in [5.41, 5.74) is 0. The van der Waals surface area contributed by atoms with Gasteiger partial charge in [-0.3, -0.25) is 9.59 Å². The summed E-state index contributed by atoms with van der Waals surface area (Å²) in [6.07, 6.45) is 2.08. The maximum atomic E-state index is 12.3. The van der Waals surface area contributed by atoms with Gasteiger partial charge in [0.05, 0.1) is 37.9 Å². The molecule has 138 valence electrons. The van der Waals surface area contributed by atoms with E-state index in [0.717, 1.165) is 19.3 Å². The zero-order chi connectivity index (χ0) is 17.5. The summed E-state index contributed by atoms with van der Waals surface area (Å²) in [5, 5.41) is 12.8. The summed E-state index contributed by atoms with van der Waals surface area (Å²) < 4.78 is 11.6. The zero-order valence-corrected chi connectivity index (χ0v) is 14.7. The molecular weight excluding hydrogens is 312 g/mol. The summed E-state index contributed by atoms with van der Waals surface area (Å²) in [4.78, 5) is 25.9.